The van der Waals surface area contributed by atoms with Crippen LogP contribution in [0.1, 0.15) is 30.6 Å². The first-order valence-corrected chi connectivity index (χ1v) is 6.00. The van der Waals surface area contributed by atoms with Crippen LogP contribution in [0.5, 0.6) is 0 Å². The van der Waals surface area contributed by atoms with E-state index in [0.29, 0.717) is 11.1 Å². The van der Waals surface area contributed by atoms with E-state index < -0.39 is 12.2 Å². The van der Waals surface area contributed by atoms with Crippen LogP contribution < -0.4 is 0 Å². The molecule has 1 aromatic rings. The Labute approximate surface area is 111 Å². The highest BCUT2D eigenvalue weighted by molar-refractivity contribution is 5.78. The number of benzene rings is 1. The standard InChI is InChI=1S/C13H17N3O3/c1-9(17)8-10-4-2-3-5-11(10)13(19)12(18)6-7-15-16-14/h2-5,12-13,18-19H,6-8H2,1H3. The van der Waals surface area contributed by atoms with E-state index >= 15 is 0 Å². The number of ketones is 1. The Morgan fingerprint density at radius 2 is 2.11 bits per heavy atom. The van der Waals surface area contributed by atoms with E-state index in [4.69, 9.17) is 5.53 Å². The van der Waals surface area contributed by atoms with Gasteiger partial charge in [0, 0.05) is 17.9 Å². The molecular weight excluding hydrogens is 246 g/mol. The van der Waals surface area contributed by atoms with Crippen molar-refractivity contribution in [2.45, 2.75) is 32.0 Å². The van der Waals surface area contributed by atoms with Crippen molar-refractivity contribution >= 4 is 5.78 Å². The van der Waals surface area contributed by atoms with E-state index in [-0.39, 0.29) is 25.2 Å². The normalized spacial score (nSPS) is 13.4. The summed E-state index contributed by atoms with van der Waals surface area (Å²) in [6, 6.07) is 6.95. The first-order chi connectivity index (χ1) is 9.06. The summed E-state index contributed by atoms with van der Waals surface area (Å²) in [5.41, 5.74) is 9.39. The molecule has 6 nitrogen and oxygen atoms in total. The van der Waals surface area contributed by atoms with Crippen LogP contribution in [-0.4, -0.2) is 28.6 Å². The summed E-state index contributed by atoms with van der Waals surface area (Å²) in [5.74, 6) is -0.0109. The molecule has 0 fully saturated rings. The van der Waals surface area contributed by atoms with Crippen LogP contribution in [0.25, 0.3) is 10.4 Å². The predicted molar refractivity (Wildman–Crippen MR) is 70.4 cm³/mol. The predicted octanol–water partition coefficient (Wildman–Crippen LogP) is 1.91. The number of aliphatic hydroxyl groups excluding tert-OH is 2. The van der Waals surface area contributed by atoms with Crippen LogP contribution in [0, 0.1) is 0 Å². The number of hydrogen-bond donors (Lipinski definition) is 2. The number of carbonyl (C=O) groups excluding carboxylic acids is 1. The van der Waals surface area contributed by atoms with Crippen molar-refractivity contribution in [1.82, 2.24) is 0 Å². The maximum Gasteiger partial charge on any atom is 0.134 e. The lowest BCUT2D eigenvalue weighted by Gasteiger charge is -2.20. The van der Waals surface area contributed by atoms with Crippen LogP contribution >= 0.6 is 0 Å². The molecule has 0 saturated carbocycles. The van der Waals surface area contributed by atoms with Gasteiger partial charge in [-0.25, -0.2) is 0 Å². The maximum atomic E-state index is 11.2. The minimum Gasteiger partial charge on any atom is -0.390 e. The zero-order valence-electron chi connectivity index (χ0n) is 10.7. The summed E-state index contributed by atoms with van der Waals surface area (Å²) in [4.78, 5) is 13.8. The lowest BCUT2D eigenvalue weighted by Crippen LogP contribution is -2.20. The minimum absolute atomic E-state index is 0.0109. The van der Waals surface area contributed by atoms with E-state index in [1.165, 1.54) is 6.92 Å². The van der Waals surface area contributed by atoms with Crippen LogP contribution in [-0.2, 0) is 11.2 Å². The van der Waals surface area contributed by atoms with E-state index in [9.17, 15) is 15.0 Å². The molecule has 6 heteroatoms. The largest absolute Gasteiger partial charge is 0.390 e. The summed E-state index contributed by atoms with van der Waals surface area (Å²) in [6.45, 7) is 1.59. The van der Waals surface area contributed by atoms with Crippen molar-refractivity contribution in [3.05, 3.63) is 45.8 Å². The Balaban J connectivity index is 2.82. The molecule has 2 unspecified atom stereocenters. The lowest BCUT2D eigenvalue weighted by atomic mass is 9.94. The molecule has 0 bridgehead atoms. The topological polar surface area (TPSA) is 106 Å². The van der Waals surface area contributed by atoms with Crippen molar-refractivity contribution in [2.24, 2.45) is 5.11 Å². The van der Waals surface area contributed by atoms with Gasteiger partial charge < -0.3 is 10.2 Å². The van der Waals surface area contributed by atoms with Gasteiger partial charge in [0.1, 0.15) is 11.9 Å². The number of hydrogen-bond acceptors (Lipinski definition) is 4. The van der Waals surface area contributed by atoms with Gasteiger partial charge in [0.05, 0.1) is 6.10 Å². The molecule has 0 heterocycles. The fraction of sp³-hybridized carbons (Fsp3) is 0.462. The highest BCUT2D eigenvalue weighted by atomic mass is 16.3. The highest BCUT2D eigenvalue weighted by Crippen LogP contribution is 2.23. The molecule has 0 saturated heterocycles. The third kappa shape index (κ3) is 4.71. The molecule has 19 heavy (non-hydrogen) atoms. The summed E-state index contributed by atoms with van der Waals surface area (Å²) in [7, 11) is 0. The Morgan fingerprint density at radius 3 is 2.74 bits per heavy atom. The molecule has 2 N–H and O–H groups in total. The zero-order chi connectivity index (χ0) is 14.3. The molecule has 1 aromatic carbocycles. The molecule has 102 valence electrons. The average Bonchev–Trinajstić information content (AvgIpc) is 2.38. The molecule has 0 amide bonds. The van der Waals surface area contributed by atoms with Crippen LogP contribution in [0.3, 0.4) is 0 Å². The summed E-state index contributed by atoms with van der Waals surface area (Å²) in [6.07, 6.45) is -1.74. The van der Waals surface area contributed by atoms with Crippen molar-refractivity contribution < 1.29 is 15.0 Å². The number of carbonyl (C=O) groups is 1. The van der Waals surface area contributed by atoms with Gasteiger partial charge in [0.15, 0.2) is 0 Å². The molecule has 0 radical (unpaired) electrons. The van der Waals surface area contributed by atoms with E-state index in [1.807, 2.05) is 0 Å². The number of aliphatic hydroxyl groups is 2. The zero-order valence-corrected chi connectivity index (χ0v) is 10.7. The van der Waals surface area contributed by atoms with Crippen LogP contribution in [0.2, 0.25) is 0 Å². The van der Waals surface area contributed by atoms with Crippen molar-refractivity contribution in [2.75, 3.05) is 6.54 Å². The second kappa shape index (κ2) is 7.53. The first-order valence-electron chi connectivity index (χ1n) is 6.00. The molecule has 0 aliphatic rings. The third-order valence-electron chi connectivity index (χ3n) is 2.77. The van der Waals surface area contributed by atoms with Crippen LogP contribution in [0.15, 0.2) is 29.4 Å². The Hall–Kier alpha value is -1.88. The highest BCUT2D eigenvalue weighted by Gasteiger charge is 2.20. The fourth-order valence-electron chi connectivity index (χ4n) is 1.85. The van der Waals surface area contributed by atoms with Crippen molar-refractivity contribution in [3.8, 4) is 0 Å². The van der Waals surface area contributed by atoms with Gasteiger partial charge in [-0.05, 0) is 30.0 Å². The van der Waals surface area contributed by atoms with Crippen LogP contribution in [0.4, 0.5) is 0 Å². The Bertz CT molecular complexity index is 484. The van der Waals surface area contributed by atoms with Gasteiger partial charge in [-0.2, -0.15) is 0 Å². The van der Waals surface area contributed by atoms with Gasteiger partial charge in [-0.3, -0.25) is 4.79 Å². The fourth-order valence-corrected chi connectivity index (χ4v) is 1.85. The quantitative estimate of drug-likeness (QED) is 0.445. The Morgan fingerprint density at radius 1 is 1.42 bits per heavy atom. The van der Waals surface area contributed by atoms with E-state index in [0.717, 1.165) is 0 Å². The lowest BCUT2D eigenvalue weighted by molar-refractivity contribution is -0.116. The van der Waals surface area contributed by atoms with Crippen molar-refractivity contribution in [1.29, 1.82) is 0 Å². The average molecular weight is 263 g/mol. The van der Waals surface area contributed by atoms with E-state index in [2.05, 4.69) is 10.0 Å². The second-order valence-corrected chi connectivity index (χ2v) is 4.33. The molecule has 0 aliphatic heterocycles. The van der Waals surface area contributed by atoms with Crippen molar-refractivity contribution in [3.63, 3.8) is 0 Å². The third-order valence-corrected chi connectivity index (χ3v) is 2.77. The molecule has 0 aliphatic carbocycles. The SMILES string of the molecule is CC(=O)Cc1ccccc1C(O)C(O)CCN=[N+]=[N-]. The molecular formula is C13H17N3O3. The van der Waals surface area contributed by atoms with Gasteiger partial charge in [0.2, 0.25) is 0 Å². The molecule has 0 aromatic heterocycles. The molecule has 1 rings (SSSR count). The minimum atomic E-state index is -1.09. The second-order valence-electron chi connectivity index (χ2n) is 4.33. The van der Waals surface area contributed by atoms with Gasteiger partial charge in [-0.1, -0.05) is 29.4 Å². The smallest absolute Gasteiger partial charge is 0.134 e. The van der Waals surface area contributed by atoms with Gasteiger partial charge >= 0.3 is 0 Å². The summed E-state index contributed by atoms with van der Waals surface area (Å²) in [5, 5.41) is 23.2. The number of Topliss-reactive ketones (excluding diaryl/α,β-unsaturated/α-hetero) is 1. The molecule has 0 spiro atoms. The maximum absolute atomic E-state index is 11.2. The number of rotatable bonds is 7. The molecule has 2 atom stereocenters. The van der Waals surface area contributed by atoms with Gasteiger partial charge in [0.25, 0.3) is 0 Å². The summed E-state index contributed by atoms with van der Waals surface area (Å²) >= 11 is 0. The number of azide groups is 1. The number of nitrogens with zero attached hydrogens (tertiary/aromatic N) is 3. The monoisotopic (exact) mass is 263 g/mol. The van der Waals surface area contributed by atoms with Gasteiger partial charge in [-0.15, -0.1) is 0 Å². The Kier molecular flexibility index (Phi) is 6.02. The summed E-state index contributed by atoms with van der Waals surface area (Å²) < 4.78 is 0. The van der Waals surface area contributed by atoms with E-state index in [1.54, 1.807) is 24.3 Å². The first kappa shape index (κ1) is 15.2.